The molecular weight excluding hydrogens is 368 g/mol. The van der Waals surface area contributed by atoms with Crippen LogP contribution in [0.15, 0.2) is 45.2 Å². The lowest BCUT2D eigenvalue weighted by atomic mass is 9.93. The van der Waals surface area contributed by atoms with E-state index in [0.29, 0.717) is 11.5 Å². The van der Waals surface area contributed by atoms with Gasteiger partial charge in [-0.25, -0.2) is 4.98 Å². The van der Waals surface area contributed by atoms with Crippen molar-refractivity contribution in [2.75, 3.05) is 10.8 Å². The minimum Gasteiger partial charge on any atom is -0.312 e. The highest BCUT2D eigenvalue weighted by Crippen LogP contribution is 2.29. The fraction of sp³-hybridized carbons (Fsp3) is 0.333. The summed E-state index contributed by atoms with van der Waals surface area (Å²) in [7, 11) is 0. The minimum atomic E-state index is -0.191. The number of amidine groups is 1. The summed E-state index contributed by atoms with van der Waals surface area (Å²) < 4.78 is 0.862. The maximum Gasteiger partial charge on any atom is 0.255 e. The highest BCUT2D eigenvalue weighted by atomic mass is 32.2. The van der Waals surface area contributed by atoms with Gasteiger partial charge in [0.25, 0.3) is 5.91 Å². The number of anilines is 1. The molecule has 0 saturated carbocycles. The van der Waals surface area contributed by atoms with Gasteiger partial charge in [-0.2, -0.15) is 10.1 Å². The molecule has 0 radical (unpaired) electrons. The molecule has 3 rings (SSSR count). The summed E-state index contributed by atoms with van der Waals surface area (Å²) in [5.41, 5.74) is 1.71. The summed E-state index contributed by atoms with van der Waals surface area (Å²) in [6, 6.07) is 9.16. The number of nitrogens with zero attached hydrogens (tertiary/aromatic N) is 3. The van der Waals surface area contributed by atoms with Crippen LogP contribution in [-0.4, -0.2) is 28.4 Å². The predicted molar refractivity (Wildman–Crippen MR) is 106 cm³/mol. The molecule has 2 aromatic rings. The van der Waals surface area contributed by atoms with E-state index in [4.69, 9.17) is 0 Å². The van der Waals surface area contributed by atoms with Crippen LogP contribution in [0, 0.1) is 0 Å². The first kappa shape index (κ1) is 18.6. The van der Waals surface area contributed by atoms with Gasteiger partial charge < -0.3 is 5.32 Å². The molecule has 0 bridgehead atoms. The molecule has 0 aliphatic carbocycles. The number of thioether (sulfide) groups is 1. The van der Waals surface area contributed by atoms with Crippen LogP contribution in [0.3, 0.4) is 0 Å². The SMILES string of the molecule is CC(C)(C)c1csc(SCC(=O)NC2=NN(c3ccccc3)C(=O)C2)n1. The average Bonchev–Trinajstić information content (AvgIpc) is 3.20. The summed E-state index contributed by atoms with van der Waals surface area (Å²) in [5, 5.41) is 10.3. The Labute approximate surface area is 160 Å². The second kappa shape index (κ2) is 7.59. The normalized spacial score (nSPS) is 14.5. The fourth-order valence-corrected chi connectivity index (χ4v) is 4.12. The van der Waals surface area contributed by atoms with Crippen LogP contribution in [-0.2, 0) is 15.0 Å². The van der Waals surface area contributed by atoms with Gasteiger partial charge >= 0.3 is 0 Å². The maximum absolute atomic E-state index is 12.2. The van der Waals surface area contributed by atoms with Crippen LogP contribution in [0.25, 0.3) is 0 Å². The van der Waals surface area contributed by atoms with Crippen LogP contribution in [0.5, 0.6) is 0 Å². The van der Waals surface area contributed by atoms with Crippen molar-refractivity contribution in [1.29, 1.82) is 0 Å². The molecule has 0 unspecified atom stereocenters. The lowest BCUT2D eigenvalue weighted by molar-refractivity contribution is -0.117. The molecule has 1 aliphatic rings. The Bertz CT molecular complexity index is 840. The average molecular weight is 389 g/mol. The van der Waals surface area contributed by atoms with Crippen LogP contribution < -0.4 is 10.3 Å². The molecule has 2 heterocycles. The van der Waals surface area contributed by atoms with Gasteiger partial charge in [-0.05, 0) is 12.1 Å². The third kappa shape index (κ3) is 4.50. The van der Waals surface area contributed by atoms with Crippen molar-refractivity contribution in [2.45, 2.75) is 36.9 Å². The monoisotopic (exact) mass is 388 g/mol. The molecule has 1 N–H and O–H groups in total. The molecule has 0 atom stereocenters. The summed E-state index contributed by atoms with van der Waals surface area (Å²) in [6.45, 7) is 6.32. The smallest absolute Gasteiger partial charge is 0.255 e. The standard InChI is InChI=1S/C18H20N4O2S2/c1-18(2,3)13-10-25-17(19-13)26-11-15(23)20-14-9-16(24)22(21-14)12-7-5-4-6-8-12/h4-8,10H,9,11H2,1-3H3,(H,20,21,23). The number of para-hydroxylation sites is 1. The second-order valence-corrected chi connectivity index (χ2v) is 8.93. The summed E-state index contributed by atoms with van der Waals surface area (Å²) in [6.07, 6.45) is 0.0940. The molecule has 1 aromatic heterocycles. The van der Waals surface area contributed by atoms with E-state index >= 15 is 0 Å². The van der Waals surface area contributed by atoms with Crippen LogP contribution >= 0.6 is 23.1 Å². The van der Waals surface area contributed by atoms with Crippen molar-refractivity contribution in [1.82, 2.24) is 10.3 Å². The summed E-state index contributed by atoms with van der Waals surface area (Å²) >= 11 is 2.93. The van der Waals surface area contributed by atoms with Crippen LogP contribution in [0.1, 0.15) is 32.9 Å². The summed E-state index contributed by atoms with van der Waals surface area (Å²) in [5.74, 6) is 0.257. The first-order chi connectivity index (χ1) is 12.3. The number of aromatic nitrogens is 1. The lowest BCUT2D eigenvalue weighted by Crippen LogP contribution is -2.31. The maximum atomic E-state index is 12.2. The fourth-order valence-electron chi connectivity index (χ4n) is 2.26. The number of hydrazone groups is 1. The zero-order chi connectivity index (χ0) is 18.7. The molecule has 0 fully saturated rings. The molecule has 8 heteroatoms. The van der Waals surface area contributed by atoms with Gasteiger partial charge in [0.1, 0.15) is 5.84 Å². The molecule has 2 amide bonds. The number of hydrogen-bond donors (Lipinski definition) is 1. The Morgan fingerprint density at radius 3 is 2.69 bits per heavy atom. The Hall–Kier alpha value is -2.19. The molecule has 0 spiro atoms. The number of carbonyl (C=O) groups is 2. The predicted octanol–water partition coefficient (Wildman–Crippen LogP) is 3.40. The van der Waals surface area contributed by atoms with E-state index in [1.54, 1.807) is 12.1 Å². The highest BCUT2D eigenvalue weighted by molar-refractivity contribution is 8.01. The molecular formula is C18H20N4O2S2. The van der Waals surface area contributed by atoms with Gasteiger partial charge in [0, 0.05) is 10.8 Å². The molecule has 0 saturated heterocycles. The van der Waals surface area contributed by atoms with E-state index in [2.05, 4.69) is 36.2 Å². The number of hydrogen-bond acceptors (Lipinski definition) is 6. The van der Waals surface area contributed by atoms with E-state index in [1.165, 1.54) is 28.1 Å². The Morgan fingerprint density at radius 2 is 2.04 bits per heavy atom. The Kier molecular flexibility index (Phi) is 5.43. The van der Waals surface area contributed by atoms with Gasteiger partial charge in [0.2, 0.25) is 5.91 Å². The second-order valence-electron chi connectivity index (χ2n) is 6.85. The number of thiazole rings is 1. The minimum absolute atomic E-state index is 0.00257. The van der Waals surface area contributed by atoms with Gasteiger partial charge in [0.15, 0.2) is 4.34 Å². The Balaban J connectivity index is 1.55. The van der Waals surface area contributed by atoms with Crippen molar-refractivity contribution in [2.24, 2.45) is 5.10 Å². The van der Waals surface area contributed by atoms with Gasteiger partial charge in [-0.15, -0.1) is 11.3 Å². The first-order valence-corrected chi connectivity index (χ1v) is 10.0. The molecule has 1 aromatic carbocycles. The largest absolute Gasteiger partial charge is 0.312 e. The summed E-state index contributed by atoms with van der Waals surface area (Å²) in [4.78, 5) is 28.8. The highest BCUT2D eigenvalue weighted by Gasteiger charge is 2.26. The van der Waals surface area contributed by atoms with Crippen LogP contribution in [0.2, 0.25) is 0 Å². The van der Waals surface area contributed by atoms with Crippen molar-refractivity contribution in [3.05, 3.63) is 41.4 Å². The zero-order valence-corrected chi connectivity index (χ0v) is 16.5. The van der Waals surface area contributed by atoms with E-state index in [-0.39, 0.29) is 29.4 Å². The topological polar surface area (TPSA) is 74.7 Å². The quantitative estimate of drug-likeness (QED) is 0.815. The zero-order valence-electron chi connectivity index (χ0n) is 14.9. The van der Waals surface area contributed by atoms with E-state index in [9.17, 15) is 9.59 Å². The number of benzene rings is 1. The van der Waals surface area contributed by atoms with Crippen molar-refractivity contribution < 1.29 is 9.59 Å². The van der Waals surface area contributed by atoms with E-state index in [1.807, 2.05) is 23.6 Å². The third-order valence-corrected chi connectivity index (χ3v) is 5.66. The number of amides is 2. The number of nitrogens with one attached hydrogen (secondary N) is 1. The number of carbonyl (C=O) groups excluding carboxylic acids is 2. The molecule has 26 heavy (non-hydrogen) atoms. The third-order valence-electron chi connectivity index (χ3n) is 3.64. The Morgan fingerprint density at radius 1 is 1.31 bits per heavy atom. The molecule has 1 aliphatic heterocycles. The van der Waals surface area contributed by atoms with Crippen LogP contribution in [0.4, 0.5) is 5.69 Å². The van der Waals surface area contributed by atoms with Crippen molar-refractivity contribution in [3.8, 4) is 0 Å². The first-order valence-electron chi connectivity index (χ1n) is 8.17. The van der Waals surface area contributed by atoms with Crippen molar-refractivity contribution >= 4 is 46.4 Å². The van der Waals surface area contributed by atoms with Gasteiger partial charge in [-0.3, -0.25) is 9.59 Å². The van der Waals surface area contributed by atoms with Crippen molar-refractivity contribution in [3.63, 3.8) is 0 Å². The number of rotatable bonds is 4. The lowest BCUT2D eigenvalue weighted by Gasteiger charge is -2.14. The van der Waals surface area contributed by atoms with E-state index in [0.717, 1.165) is 10.0 Å². The molecule has 6 nitrogen and oxygen atoms in total. The van der Waals surface area contributed by atoms with E-state index < -0.39 is 0 Å². The van der Waals surface area contributed by atoms with Gasteiger partial charge in [0.05, 0.1) is 23.6 Å². The molecule has 136 valence electrons. The van der Waals surface area contributed by atoms with Gasteiger partial charge in [-0.1, -0.05) is 50.7 Å².